The van der Waals surface area contributed by atoms with Crippen molar-refractivity contribution >= 4 is 27.3 Å². The van der Waals surface area contributed by atoms with Crippen molar-refractivity contribution in [2.45, 2.75) is 55.7 Å². The van der Waals surface area contributed by atoms with Gasteiger partial charge in [0.1, 0.15) is 4.21 Å². The molecule has 1 aliphatic carbocycles. The van der Waals surface area contributed by atoms with Gasteiger partial charge in [-0.05, 0) is 43.0 Å². The zero-order valence-corrected chi connectivity index (χ0v) is 15.7. The minimum absolute atomic E-state index is 0.0276. The molecular weight excluding hydrogens is 344 g/mol. The molecule has 0 radical (unpaired) electrons. The highest BCUT2D eigenvalue weighted by atomic mass is 32.2. The standard InChI is InChI=1S/C17H26N2O3S2/c1-13-6-2-3-8-15(13)18-17(20)14-7-4-10-19(12-14)24(21,22)16-9-5-11-23-16/h5,9,11,13-15H,2-4,6-8,10,12H2,1H3,(H,18,20)/t13-,14-,15-/m1/s1. The third kappa shape index (κ3) is 3.83. The molecule has 2 heterocycles. The number of hydrogen-bond donors (Lipinski definition) is 1. The molecule has 1 aromatic heterocycles. The summed E-state index contributed by atoms with van der Waals surface area (Å²) < 4.78 is 27.2. The van der Waals surface area contributed by atoms with Crippen LogP contribution < -0.4 is 5.32 Å². The topological polar surface area (TPSA) is 66.5 Å². The molecule has 3 rings (SSSR count). The van der Waals surface area contributed by atoms with Gasteiger partial charge < -0.3 is 5.32 Å². The molecule has 0 spiro atoms. The molecule has 0 bridgehead atoms. The van der Waals surface area contributed by atoms with E-state index in [2.05, 4.69) is 12.2 Å². The SMILES string of the molecule is C[C@@H]1CCCC[C@H]1NC(=O)[C@@H]1CCCN(S(=O)(=O)c2cccs2)C1. The van der Waals surface area contributed by atoms with Crippen LogP contribution >= 0.6 is 11.3 Å². The van der Waals surface area contributed by atoms with Crippen molar-refractivity contribution in [3.63, 3.8) is 0 Å². The highest BCUT2D eigenvalue weighted by molar-refractivity contribution is 7.91. The second-order valence-electron chi connectivity index (χ2n) is 7.01. The fourth-order valence-electron chi connectivity index (χ4n) is 3.74. The van der Waals surface area contributed by atoms with Gasteiger partial charge in [-0.3, -0.25) is 4.79 Å². The van der Waals surface area contributed by atoms with Crippen molar-refractivity contribution in [3.8, 4) is 0 Å². The lowest BCUT2D eigenvalue weighted by molar-refractivity contribution is -0.127. The summed E-state index contributed by atoms with van der Waals surface area (Å²) in [5.41, 5.74) is 0. The summed E-state index contributed by atoms with van der Waals surface area (Å²) in [6.07, 6.45) is 6.11. The Kier molecular flexibility index (Phi) is 5.62. The highest BCUT2D eigenvalue weighted by Crippen LogP contribution is 2.28. The second kappa shape index (κ2) is 7.54. The van der Waals surface area contributed by atoms with Crippen molar-refractivity contribution in [2.24, 2.45) is 11.8 Å². The van der Waals surface area contributed by atoms with Crippen LogP contribution in [0.1, 0.15) is 45.4 Å². The van der Waals surface area contributed by atoms with Crippen LogP contribution in [0.5, 0.6) is 0 Å². The van der Waals surface area contributed by atoms with E-state index in [1.807, 2.05) is 0 Å². The normalized spacial score (nSPS) is 29.3. The third-order valence-corrected chi connectivity index (χ3v) is 8.52. The van der Waals surface area contributed by atoms with E-state index in [0.717, 1.165) is 25.7 Å². The van der Waals surface area contributed by atoms with E-state index in [0.29, 0.717) is 23.2 Å². The number of amides is 1. The van der Waals surface area contributed by atoms with Gasteiger partial charge in [0, 0.05) is 19.1 Å². The lowest BCUT2D eigenvalue weighted by atomic mass is 9.85. The van der Waals surface area contributed by atoms with E-state index in [1.165, 1.54) is 28.5 Å². The average molecular weight is 371 g/mol. The summed E-state index contributed by atoms with van der Waals surface area (Å²) in [7, 11) is -3.46. The first kappa shape index (κ1) is 17.9. The molecule has 1 amide bonds. The van der Waals surface area contributed by atoms with Crippen LogP contribution in [0, 0.1) is 11.8 Å². The summed E-state index contributed by atoms with van der Waals surface area (Å²) >= 11 is 1.23. The first-order valence-corrected chi connectivity index (χ1v) is 11.1. The van der Waals surface area contributed by atoms with Gasteiger partial charge in [-0.2, -0.15) is 4.31 Å². The predicted molar refractivity (Wildman–Crippen MR) is 95.4 cm³/mol. The van der Waals surface area contributed by atoms with Crippen LogP contribution in [0.15, 0.2) is 21.7 Å². The van der Waals surface area contributed by atoms with Crippen molar-refractivity contribution in [2.75, 3.05) is 13.1 Å². The average Bonchev–Trinajstić information content (AvgIpc) is 3.12. The Bertz CT molecular complexity index is 657. The Morgan fingerprint density at radius 1 is 1.25 bits per heavy atom. The second-order valence-corrected chi connectivity index (χ2v) is 10.1. The molecule has 5 nitrogen and oxygen atoms in total. The first-order valence-electron chi connectivity index (χ1n) is 8.82. The van der Waals surface area contributed by atoms with Crippen molar-refractivity contribution < 1.29 is 13.2 Å². The van der Waals surface area contributed by atoms with Crippen LogP contribution in [-0.4, -0.2) is 37.8 Å². The van der Waals surface area contributed by atoms with Crippen molar-refractivity contribution in [3.05, 3.63) is 17.5 Å². The maximum Gasteiger partial charge on any atom is 0.252 e. The van der Waals surface area contributed by atoms with Gasteiger partial charge >= 0.3 is 0 Å². The van der Waals surface area contributed by atoms with E-state index in [9.17, 15) is 13.2 Å². The third-order valence-electron chi connectivity index (χ3n) is 5.28. The minimum Gasteiger partial charge on any atom is -0.353 e. The number of sulfonamides is 1. The summed E-state index contributed by atoms with van der Waals surface area (Å²) in [6, 6.07) is 3.62. The molecule has 0 aromatic carbocycles. The number of carbonyl (C=O) groups is 1. The number of nitrogens with one attached hydrogen (secondary N) is 1. The molecule has 24 heavy (non-hydrogen) atoms. The monoisotopic (exact) mass is 370 g/mol. The maximum atomic E-state index is 12.7. The van der Waals surface area contributed by atoms with Crippen molar-refractivity contribution in [1.29, 1.82) is 0 Å². The molecule has 1 saturated heterocycles. The Morgan fingerprint density at radius 3 is 2.75 bits per heavy atom. The van der Waals surface area contributed by atoms with Gasteiger partial charge in [0.25, 0.3) is 10.0 Å². The van der Waals surface area contributed by atoms with E-state index >= 15 is 0 Å². The Labute approximate surface area is 148 Å². The molecule has 134 valence electrons. The molecule has 1 aromatic rings. The first-order chi connectivity index (χ1) is 11.5. The Hall–Kier alpha value is -0.920. The summed E-state index contributed by atoms with van der Waals surface area (Å²) in [4.78, 5) is 12.6. The zero-order chi connectivity index (χ0) is 17.2. The molecule has 1 saturated carbocycles. The van der Waals surface area contributed by atoms with Crippen LogP contribution in [0.3, 0.4) is 0 Å². The lowest BCUT2D eigenvalue weighted by Gasteiger charge is -2.34. The van der Waals surface area contributed by atoms with E-state index in [1.54, 1.807) is 17.5 Å². The molecule has 3 atom stereocenters. The predicted octanol–water partition coefficient (Wildman–Crippen LogP) is 2.84. The van der Waals surface area contributed by atoms with Crippen molar-refractivity contribution in [1.82, 2.24) is 9.62 Å². The number of piperidine rings is 1. The molecule has 2 fully saturated rings. The highest BCUT2D eigenvalue weighted by Gasteiger charge is 2.35. The quantitative estimate of drug-likeness (QED) is 0.886. The molecular formula is C17H26N2O3S2. The number of rotatable bonds is 4. The summed E-state index contributed by atoms with van der Waals surface area (Å²) in [5, 5.41) is 4.96. The maximum absolute atomic E-state index is 12.7. The fourth-order valence-corrected chi connectivity index (χ4v) is 6.41. The van der Waals surface area contributed by atoms with Gasteiger partial charge in [-0.15, -0.1) is 11.3 Å². The van der Waals surface area contributed by atoms with Gasteiger partial charge in [0.15, 0.2) is 0 Å². The summed E-state index contributed by atoms with van der Waals surface area (Å²) in [5.74, 6) is 0.305. The molecule has 0 unspecified atom stereocenters. The van der Waals surface area contributed by atoms with Crippen LogP contribution in [0.4, 0.5) is 0 Å². The summed E-state index contributed by atoms with van der Waals surface area (Å²) in [6.45, 7) is 3.00. The molecule has 2 aliphatic rings. The number of hydrogen-bond acceptors (Lipinski definition) is 4. The zero-order valence-electron chi connectivity index (χ0n) is 14.1. The minimum atomic E-state index is -3.46. The van der Waals surface area contributed by atoms with Gasteiger partial charge in [-0.25, -0.2) is 8.42 Å². The largest absolute Gasteiger partial charge is 0.353 e. The number of thiophene rings is 1. The molecule has 1 aliphatic heterocycles. The van der Waals surface area contributed by atoms with E-state index in [4.69, 9.17) is 0 Å². The van der Waals surface area contributed by atoms with Gasteiger partial charge in [0.05, 0.1) is 5.92 Å². The smallest absolute Gasteiger partial charge is 0.252 e. The van der Waals surface area contributed by atoms with Gasteiger partial charge in [0.2, 0.25) is 5.91 Å². The molecule has 1 N–H and O–H groups in total. The molecule has 7 heteroatoms. The number of carbonyl (C=O) groups excluding carboxylic acids is 1. The Morgan fingerprint density at radius 2 is 2.04 bits per heavy atom. The van der Waals surface area contributed by atoms with Crippen LogP contribution in [0.2, 0.25) is 0 Å². The van der Waals surface area contributed by atoms with Crippen LogP contribution in [0.25, 0.3) is 0 Å². The van der Waals surface area contributed by atoms with Gasteiger partial charge in [-0.1, -0.05) is 25.8 Å². The Balaban J connectivity index is 1.64. The fraction of sp³-hybridized carbons (Fsp3) is 0.706. The van der Waals surface area contributed by atoms with E-state index < -0.39 is 10.0 Å². The van der Waals surface area contributed by atoms with Crippen LogP contribution in [-0.2, 0) is 14.8 Å². The lowest BCUT2D eigenvalue weighted by Crippen LogP contribution is -2.49. The van der Waals surface area contributed by atoms with E-state index in [-0.39, 0.29) is 17.9 Å². The number of nitrogens with zero attached hydrogens (tertiary/aromatic N) is 1.